The third-order valence-corrected chi connectivity index (χ3v) is 5.25. The van der Waals surface area contributed by atoms with Gasteiger partial charge in [0.25, 0.3) is 0 Å². The molecule has 1 saturated heterocycles. The number of hydrogen-bond acceptors (Lipinski definition) is 4. The SMILES string of the molecule is CCNC(CCCS(C)(=O)=O)C1CCSC1. The molecule has 5 heteroatoms. The number of thioether (sulfide) groups is 1. The number of hydrogen-bond donors (Lipinski definition) is 1. The molecule has 1 rings (SSSR count). The van der Waals surface area contributed by atoms with Gasteiger partial charge in [-0.15, -0.1) is 0 Å². The van der Waals surface area contributed by atoms with Crippen molar-refractivity contribution in [1.29, 1.82) is 0 Å². The highest BCUT2D eigenvalue weighted by Gasteiger charge is 2.24. The number of nitrogens with one attached hydrogen (secondary N) is 1. The lowest BCUT2D eigenvalue weighted by Gasteiger charge is -2.23. The van der Waals surface area contributed by atoms with Crippen molar-refractivity contribution >= 4 is 21.6 Å². The molecule has 3 nitrogen and oxygen atoms in total. The molecule has 0 aromatic rings. The lowest BCUT2D eigenvalue weighted by molar-refractivity contribution is 0.366. The summed E-state index contributed by atoms with van der Waals surface area (Å²) in [5.74, 6) is 3.56. The normalized spacial score (nSPS) is 23.5. The Bertz CT molecular complexity index is 284. The van der Waals surface area contributed by atoms with Crippen LogP contribution in [0.4, 0.5) is 0 Å². The van der Waals surface area contributed by atoms with Gasteiger partial charge in [-0.1, -0.05) is 6.92 Å². The van der Waals surface area contributed by atoms with Gasteiger partial charge in [-0.3, -0.25) is 0 Å². The van der Waals surface area contributed by atoms with Gasteiger partial charge in [-0.25, -0.2) is 8.42 Å². The third kappa shape index (κ3) is 5.55. The maximum absolute atomic E-state index is 11.1. The van der Waals surface area contributed by atoms with Gasteiger partial charge < -0.3 is 5.32 Å². The Morgan fingerprint density at radius 2 is 2.25 bits per heavy atom. The molecule has 16 heavy (non-hydrogen) atoms. The second-order valence-corrected chi connectivity index (χ2v) is 7.97. The first kappa shape index (κ1) is 14.3. The summed E-state index contributed by atoms with van der Waals surface area (Å²) < 4.78 is 22.1. The molecule has 2 unspecified atom stereocenters. The smallest absolute Gasteiger partial charge is 0.147 e. The summed E-state index contributed by atoms with van der Waals surface area (Å²) in [4.78, 5) is 0. The van der Waals surface area contributed by atoms with Crippen LogP contribution in [0.5, 0.6) is 0 Å². The van der Waals surface area contributed by atoms with Crippen LogP contribution in [0.25, 0.3) is 0 Å². The molecule has 0 bridgehead atoms. The molecule has 1 aliphatic rings. The molecule has 0 amide bonds. The predicted octanol–water partition coefficient (Wildman–Crippen LogP) is 1.54. The maximum Gasteiger partial charge on any atom is 0.147 e. The van der Waals surface area contributed by atoms with Gasteiger partial charge in [-0.2, -0.15) is 11.8 Å². The molecule has 0 aliphatic carbocycles. The highest BCUT2D eigenvalue weighted by molar-refractivity contribution is 7.99. The molecule has 1 N–H and O–H groups in total. The quantitative estimate of drug-likeness (QED) is 0.758. The van der Waals surface area contributed by atoms with Gasteiger partial charge in [-0.05, 0) is 43.2 Å². The Labute approximate surface area is 104 Å². The monoisotopic (exact) mass is 265 g/mol. The molecule has 0 saturated carbocycles. The average molecular weight is 265 g/mol. The Morgan fingerprint density at radius 3 is 2.75 bits per heavy atom. The van der Waals surface area contributed by atoms with Crippen LogP contribution >= 0.6 is 11.8 Å². The summed E-state index contributed by atoms with van der Waals surface area (Å²) in [5.41, 5.74) is 0. The van der Waals surface area contributed by atoms with E-state index < -0.39 is 9.84 Å². The van der Waals surface area contributed by atoms with Crippen LogP contribution in [0.1, 0.15) is 26.2 Å². The summed E-state index contributed by atoms with van der Waals surface area (Å²) >= 11 is 2.02. The molecular weight excluding hydrogens is 242 g/mol. The Hall–Kier alpha value is 0.260. The highest BCUT2D eigenvalue weighted by atomic mass is 32.2. The van der Waals surface area contributed by atoms with E-state index in [1.54, 1.807) is 0 Å². The van der Waals surface area contributed by atoms with E-state index in [0.717, 1.165) is 25.3 Å². The summed E-state index contributed by atoms with van der Waals surface area (Å²) in [6.45, 7) is 3.09. The molecule has 0 aromatic carbocycles. The number of sulfone groups is 1. The van der Waals surface area contributed by atoms with Crippen LogP contribution in [0, 0.1) is 5.92 Å². The van der Waals surface area contributed by atoms with E-state index in [9.17, 15) is 8.42 Å². The summed E-state index contributed by atoms with van der Waals surface area (Å²) in [6, 6.07) is 0.516. The molecule has 0 radical (unpaired) electrons. The fraction of sp³-hybridized carbons (Fsp3) is 1.00. The average Bonchev–Trinajstić information content (AvgIpc) is 2.67. The highest BCUT2D eigenvalue weighted by Crippen LogP contribution is 2.28. The second-order valence-electron chi connectivity index (χ2n) is 4.56. The van der Waals surface area contributed by atoms with Gasteiger partial charge in [0, 0.05) is 18.1 Å². The molecule has 2 atom stereocenters. The first-order valence-electron chi connectivity index (χ1n) is 6.02. The van der Waals surface area contributed by atoms with Crippen LogP contribution in [0.3, 0.4) is 0 Å². The van der Waals surface area contributed by atoms with Crippen molar-refractivity contribution in [3.8, 4) is 0 Å². The zero-order valence-electron chi connectivity index (χ0n) is 10.2. The molecular formula is C11H23NO2S2. The van der Waals surface area contributed by atoms with Crippen molar-refractivity contribution in [2.24, 2.45) is 5.92 Å². The van der Waals surface area contributed by atoms with Crippen LogP contribution in [0.2, 0.25) is 0 Å². The minimum Gasteiger partial charge on any atom is -0.314 e. The summed E-state index contributed by atoms with van der Waals surface area (Å²) in [5, 5.41) is 3.50. The summed E-state index contributed by atoms with van der Waals surface area (Å²) in [6.07, 6.45) is 4.38. The fourth-order valence-corrected chi connectivity index (χ4v) is 4.23. The summed E-state index contributed by atoms with van der Waals surface area (Å²) in [7, 11) is -2.79. The molecule has 0 spiro atoms. The van der Waals surface area contributed by atoms with Gasteiger partial charge in [0.05, 0.1) is 0 Å². The molecule has 1 heterocycles. The van der Waals surface area contributed by atoms with Crippen molar-refractivity contribution in [2.45, 2.75) is 32.2 Å². The standard InChI is InChI=1S/C11H23NO2S2/c1-3-12-11(10-6-7-15-9-10)5-4-8-16(2,13)14/h10-12H,3-9H2,1-2H3. The lowest BCUT2D eigenvalue weighted by atomic mass is 9.95. The number of rotatable bonds is 7. The van der Waals surface area contributed by atoms with Crippen LogP contribution < -0.4 is 5.32 Å². The van der Waals surface area contributed by atoms with Crippen LogP contribution in [0.15, 0.2) is 0 Å². The van der Waals surface area contributed by atoms with Crippen molar-refractivity contribution < 1.29 is 8.42 Å². The van der Waals surface area contributed by atoms with E-state index in [2.05, 4.69) is 12.2 Å². The molecule has 96 valence electrons. The fourth-order valence-electron chi connectivity index (χ4n) is 2.20. The molecule has 1 aliphatic heterocycles. The van der Waals surface area contributed by atoms with E-state index in [0.29, 0.717) is 11.8 Å². The van der Waals surface area contributed by atoms with Crippen molar-refractivity contribution in [3.05, 3.63) is 0 Å². The zero-order valence-corrected chi connectivity index (χ0v) is 11.9. The van der Waals surface area contributed by atoms with Gasteiger partial charge in [0.2, 0.25) is 0 Å². The van der Waals surface area contributed by atoms with E-state index in [4.69, 9.17) is 0 Å². The minimum atomic E-state index is -2.79. The largest absolute Gasteiger partial charge is 0.314 e. The van der Waals surface area contributed by atoms with Gasteiger partial charge >= 0.3 is 0 Å². The van der Waals surface area contributed by atoms with Crippen molar-refractivity contribution in [2.75, 3.05) is 30.1 Å². The van der Waals surface area contributed by atoms with Crippen molar-refractivity contribution in [1.82, 2.24) is 5.32 Å². The lowest BCUT2D eigenvalue weighted by Crippen LogP contribution is -2.36. The molecule has 0 aromatic heterocycles. The molecule has 1 fully saturated rings. The van der Waals surface area contributed by atoms with Crippen molar-refractivity contribution in [3.63, 3.8) is 0 Å². The topological polar surface area (TPSA) is 46.2 Å². The van der Waals surface area contributed by atoms with Gasteiger partial charge in [0.15, 0.2) is 0 Å². The maximum atomic E-state index is 11.1. The van der Waals surface area contributed by atoms with Crippen LogP contribution in [-0.2, 0) is 9.84 Å². The third-order valence-electron chi connectivity index (χ3n) is 3.03. The first-order chi connectivity index (χ1) is 7.53. The van der Waals surface area contributed by atoms with Gasteiger partial charge in [0.1, 0.15) is 9.84 Å². The van der Waals surface area contributed by atoms with E-state index in [1.165, 1.54) is 24.2 Å². The Kier molecular flexibility index (Phi) is 6.15. The Morgan fingerprint density at radius 1 is 1.50 bits per heavy atom. The predicted molar refractivity (Wildman–Crippen MR) is 71.8 cm³/mol. The van der Waals surface area contributed by atoms with Crippen LogP contribution in [-0.4, -0.2) is 44.5 Å². The zero-order chi connectivity index (χ0) is 12.0. The Balaban J connectivity index is 2.32. The second kappa shape index (κ2) is 6.87. The first-order valence-corrected chi connectivity index (χ1v) is 9.23. The minimum absolute atomic E-state index is 0.328. The van der Waals surface area contributed by atoms with E-state index in [-0.39, 0.29) is 0 Å². The van der Waals surface area contributed by atoms with E-state index >= 15 is 0 Å². The van der Waals surface area contributed by atoms with E-state index in [1.807, 2.05) is 11.8 Å².